The molecule has 0 spiro atoms. The van der Waals surface area contributed by atoms with Gasteiger partial charge in [-0.15, -0.1) is 11.3 Å². The topological polar surface area (TPSA) is 70.2 Å². The lowest BCUT2D eigenvalue weighted by atomic mass is 9.88. The van der Waals surface area contributed by atoms with Crippen molar-refractivity contribution < 1.29 is 17.9 Å². The fourth-order valence-corrected chi connectivity index (χ4v) is 9.51. The number of sulfonamides is 1. The minimum absolute atomic E-state index is 0.0227. The van der Waals surface area contributed by atoms with Gasteiger partial charge in [0.05, 0.1) is 16.8 Å². The van der Waals surface area contributed by atoms with Crippen molar-refractivity contribution in [3.05, 3.63) is 74.5 Å². The van der Waals surface area contributed by atoms with Crippen molar-refractivity contribution in [1.82, 2.24) is 9.21 Å². The van der Waals surface area contributed by atoms with Crippen LogP contribution in [0.1, 0.15) is 11.5 Å². The predicted octanol–water partition coefficient (Wildman–Crippen LogP) is 5.03. The minimum Gasteiger partial charge on any atom is -0.497 e. The maximum Gasteiger partial charge on any atom is 0.252 e. The first-order chi connectivity index (χ1) is 17.8. The summed E-state index contributed by atoms with van der Waals surface area (Å²) in [5.41, 5.74) is 2.09. The van der Waals surface area contributed by atoms with E-state index >= 15 is 0 Å². The van der Waals surface area contributed by atoms with Gasteiger partial charge in [0.1, 0.15) is 9.96 Å². The average molecular weight is 669 g/mol. The lowest BCUT2D eigenvalue weighted by Crippen LogP contribution is -2.51. The third kappa shape index (κ3) is 5.47. The molecule has 5 rings (SSSR count). The monoisotopic (exact) mass is 667 g/mol. The number of nitrogens with zero attached hydrogens (tertiary/aromatic N) is 3. The van der Waals surface area contributed by atoms with Gasteiger partial charge in [-0.3, -0.25) is 4.79 Å². The molecule has 2 aliphatic heterocycles. The van der Waals surface area contributed by atoms with Crippen molar-refractivity contribution in [3.8, 4) is 5.75 Å². The number of thiophene rings is 1. The van der Waals surface area contributed by atoms with Crippen LogP contribution in [0.3, 0.4) is 0 Å². The molecule has 2 saturated heterocycles. The summed E-state index contributed by atoms with van der Waals surface area (Å²) < 4.78 is 35.5. The number of carbonyl (C=O) groups excluding carboxylic acids is 1. The van der Waals surface area contributed by atoms with Crippen LogP contribution in [0.4, 0.5) is 5.69 Å². The molecule has 2 fully saturated rings. The number of piperazine rings is 1. The fourth-order valence-electron chi connectivity index (χ4n) is 5.05. The molecule has 0 bridgehead atoms. The number of methoxy groups -OCH3 is 1. The van der Waals surface area contributed by atoms with Crippen molar-refractivity contribution >= 4 is 64.8 Å². The van der Waals surface area contributed by atoms with Crippen molar-refractivity contribution in [3.63, 3.8) is 0 Å². The summed E-state index contributed by atoms with van der Waals surface area (Å²) in [5.74, 6) is 0.202. The van der Waals surface area contributed by atoms with E-state index < -0.39 is 15.9 Å². The molecule has 2 aromatic carbocycles. The van der Waals surface area contributed by atoms with Gasteiger partial charge < -0.3 is 14.5 Å². The first-order valence-corrected chi connectivity index (χ1v) is 15.8. The van der Waals surface area contributed by atoms with E-state index in [0.717, 1.165) is 33.9 Å². The zero-order valence-corrected chi connectivity index (χ0v) is 25.0. The first-order valence-electron chi connectivity index (χ1n) is 12.0. The number of anilines is 1. The molecule has 37 heavy (non-hydrogen) atoms. The van der Waals surface area contributed by atoms with Gasteiger partial charge >= 0.3 is 0 Å². The third-order valence-corrected chi connectivity index (χ3v) is 12.6. The van der Waals surface area contributed by atoms with Gasteiger partial charge in [0.2, 0.25) is 5.91 Å². The standard InChI is InChI=1S/C26H27Br2N3O4S2/c1-35-20-9-7-19(8-10-20)29-11-13-30(14-12-29)26(32)22-17-31(16-21(22)18-5-3-2-4-6-18)37(33,34)24-15-23(27)25(28)36-24/h2-10,15,21-22H,11-14,16-17H2,1H3/t21-,22+/m0/s1. The molecule has 2 atom stereocenters. The van der Waals surface area contributed by atoms with Gasteiger partial charge in [0, 0.05) is 55.3 Å². The van der Waals surface area contributed by atoms with Gasteiger partial charge in [-0.05, 0) is 67.8 Å². The second-order valence-corrected chi connectivity index (χ2v) is 14.5. The molecule has 3 aromatic rings. The maximum absolute atomic E-state index is 13.8. The smallest absolute Gasteiger partial charge is 0.252 e. The van der Waals surface area contributed by atoms with Crippen LogP contribution in [-0.4, -0.2) is 69.9 Å². The van der Waals surface area contributed by atoms with E-state index in [1.165, 1.54) is 15.6 Å². The van der Waals surface area contributed by atoms with E-state index in [1.807, 2.05) is 59.5 Å². The van der Waals surface area contributed by atoms with Crippen LogP contribution in [-0.2, 0) is 14.8 Å². The highest BCUT2D eigenvalue weighted by molar-refractivity contribution is 9.13. The number of rotatable bonds is 6. The summed E-state index contributed by atoms with van der Waals surface area (Å²) in [4.78, 5) is 18.0. The molecule has 0 saturated carbocycles. The summed E-state index contributed by atoms with van der Waals surface area (Å²) in [6, 6.07) is 19.3. The Morgan fingerprint density at radius 3 is 2.24 bits per heavy atom. The Morgan fingerprint density at radius 2 is 1.65 bits per heavy atom. The SMILES string of the molecule is COc1ccc(N2CCN(C(=O)[C@@H]3CN(S(=O)(=O)c4cc(Br)c(Br)s4)C[C@H]3c3ccccc3)CC2)cc1. The van der Waals surface area contributed by atoms with Gasteiger partial charge in [0.25, 0.3) is 10.0 Å². The molecule has 196 valence electrons. The lowest BCUT2D eigenvalue weighted by molar-refractivity contribution is -0.135. The molecule has 7 nitrogen and oxygen atoms in total. The number of ether oxygens (including phenoxy) is 1. The zero-order chi connectivity index (χ0) is 26.2. The average Bonchev–Trinajstić information content (AvgIpc) is 3.53. The summed E-state index contributed by atoms with van der Waals surface area (Å²) in [6.45, 7) is 3.09. The lowest BCUT2D eigenvalue weighted by Gasteiger charge is -2.38. The molecule has 0 radical (unpaired) electrons. The van der Waals surface area contributed by atoms with Crippen LogP contribution >= 0.6 is 43.2 Å². The van der Waals surface area contributed by atoms with Crippen molar-refractivity contribution in [2.24, 2.45) is 5.92 Å². The molecule has 11 heteroatoms. The quantitative estimate of drug-likeness (QED) is 0.369. The van der Waals surface area contributed by atoms with Crippen LogP contribution < -0.4 is 9.64 Å². The van der Waals surface area contributed by atoms with E-state index in [1.54, 1.807) is 13.2 Å². The number of amides is 1. The Labute approximate surface area is 238 Å². The Bertz CT molecular complexity index is 1340. The first kappa shape index (κ1) is 26.7. The van der Waals surface area contributed by atoms with Crippen molar-refractivity contribution in [2.75, 3.05) is 51.3 Å². The summed E-state index contributed by atoms with van der Waals surface area (Å²) >= 11 is 7.97. The molecule has 1 aromatic heterocycles. The largest absolute Gasteiger partial charge is 0.497 e. The Hall–Kier alpha value is -1.92. The number of hydrogen-bond donors (Lipinski definition) is 0. The van der Waals surface area contributed by atoms with E-state index in [4.69, 9.17) is 4.74 Å². The molecule has 0 aliphatic carbocycles. The van der Waals surface area contributed by atoms with Gasteiger partial charge in [-0.1, -0.05) is 30.3 Å². The normalized spacial score (nSPS) is 20.8. The Kier molecular flexibility index (Phi) is 7.97. The van der Waals surface area contributed by atoms with Crippen molar-refractivity contribution in [2.45, 2.75) is 10.1 Å². The van der Waals surface area contributed by atoms with Gasteiger partial charge in [-0.25, -0.2) is 8.42 Å². The Morgan fingerprint density at radius 1 is 0.973 bits per heavy atom. The zero-order valence-electron chi connectivity index (χ0n) is 20.2. The van der Waals surface area contributed by atoms with E-state index in [0.29, 0.717) is 17.6 Å². The van der Waals surface area contributed by atoms with Crippen LogP contribution in [0, 0.1) is 5.92 Å². The number of carbonyl (C=O) groups is 1. The maximum atomic E-state index is 13.8. The van der Waals surface area contributed by atoms with Crippen LogP contribution in [0.25, 0.3) is 0 Å². The van der Waals surface area contributed by atoms with Gasteiger partial charge in [-0.2, -0.15) is 4.31 Å². The predicted molar refractivity (Wildman–Crippen MR) is 153 cm³/mol. The highest BCUT2D eigenvalue weighted by Crippen LogP contribution is 2.41. The van der Waals surface area contributed by atoms with E-state index in [9.17, 15) is 13.2 Å². The van der Waals surface area contributed by atoms with E-state index in [2.05, 4.69) is 36.8 Å². The molecule has 0 unspecified atom stereocenters. The molecular weight excluding hydrogens is 642 g/mol. The Balaban J connectivity index is 1.34. The summed E-state index contributed by atoms with van der Waals surface area (Å²) in [5, 5.41) is 0. The minimum atomic E-state index is -3.73. The number of benzene rings is 2. The van der Waals surface area contributed by atoms with Gasteiger partial charge in [0.15, 0.2) is 0 Å². The number of halogens is 2. The second kappa shape index (κ2) is 11.1. The summed E-state index contributed by atoms with van der Waals surface area (Å²) in [7, 11) is -2.08. The molecule has 1 amide bonds. The third-order valence-electron chi connectivity index (χ3n) is 7.08. The van der Waals surface area contributed by atoms with Crippen molar-refractivity contribution in [1.29, 1.82) is 0 Å². The molecule has 0 N–H and O–H groups in total. The van der Waals surface area contributed by atoms with E-state index in [-0.39, 0.29) is 29.1 Å². The highest BCUT2D eigenvalue weighted by atomic mass is 79.9. The molecular formula is C26H27Br2N3O4S2. The molecule has 2 aliphatic rings. The number of hydrogen-bond acceptors (Lipinski definition) is 6. The van der Waals surface area contributed by atoms with Crippen LogP contribution in [0.15, 0.2) is 73.1 Å². The molecule has 3 heterocycles. The van der Waals surface area contributed by atoms with Crippen LogP contribution in [0.5, 0.6) is 5.75 Å². The van der Waals surface area contributed by atoms with Crippen LogP contribution in [0.2, 0.25) is 0 Å². The second-order valence-electron chi connectivity index (χ2n) is 9.14. The fraction of sp³-hybridized carbons (Fsp3) is 0.346. The highest BCUT2D eigenvalue weighted by Gasteiger charge is 2.45. The summed E-state index contributed by atoms with van der Waals surface area (Å²) in [6.07, 6.45) is 0.